The molecule has 0 aliphatic heterocycles. The molecule has 0 saturated carbocycles. The average Bonchev–Trinajstić information content (AvgIpc) is 2.62. The Kier molecular flexibility index (Phi) is 6.60. The van der Waals surface area contributed by atoms with Crippen molar-refractivity contribution in [3.8, 4) is 5.75 Å². The van der Waals surface area contributed by atoms with Crippen molar-refractivity contribution in [3.63, 3.8) is 0 Å². The number of para-hydroxylation sites is 1. The minimum Gasteiger partial charge on any atom is -0.453 e. The minimum atomic E-state index is -0.658. The van der Waals surface area contributed by atoms with Gasteiger partial charge in [0.25, 0.3) is 0 Å². The summed E-state index contributed by atoms with van der Waals surface area (Å²) in [6, 6.07) is 9.83. The Bertz CT molecular complexity index is 823. The number of nitrogens with two attached hydrogens (primary N) is 1. The molecule has 0 saturated heterocycles. The van der Waals surface area contributed by atoms with Crippen molar-refractivity contribution in [2.75, 3.05) is 18.2 Å². The summed E-state index contributed by atoms with van der Waals surface area (Å²) in [4.78, 5) is 26.8. The Labute approximate surface area is 150 Å². The maximum absolute atomic E-state index is 11.7. The maximum Gasteiger partial charge on any atom is 0.412 e. The van der Waals surface area contributed by atoms with Crippen LogP contribution in [-0.2, 0) is 9.53 Å². The molecule has 1 amide bonds. The number of carbonyl (C=O) groups is 2. The van der Waals surface area contributed by atoms with Gasteiger partial charge in [-0.2, -0.15) is 0 Å². The molecule has 0 spiro atoms. The SMILES string of the molecule is CCCC(=O)Oc1ccccc1N=Nc1ccc(NC(=O)OC)nc1N. The molecule has 0 bridgehead atoms. The van der Waals surface area contributed by atoms with E-state index >= 15 is 0 Å². The minimum absolute atomic E-state index is 0.0723. The molecule has 2 aromatic rings. The van der Waals surface area contributed by atoms with Gasteiger partial charge in [-0.1, -0.05) is 19.1 Å². The number of benzene rings is 1. The Morgan fingerprint density at radius 2 is 1.88 bits per heavy atom. The first-order valence-corrected chi connectivity index (χ1v) is 7.86. The summed E-state index contributed by atoms with van der Waals surface area (Å²) in [7, 11) is 1.24. The number of nitrogen functional groups attached to an aromatic ring is 1. The van der Waals surface area contributed by atoms with Crippen LogP contribution >= 0.6 is 0 Å². The van der Waals surface area contributed by atoms with Crippen molar-refractivity contribution >= 4 is 35.1 Å². The maximum atomic E-state index is 11.7. The van der Waals surface area contributed by atoms with E-state index in [2.05, 4.69) is 25.3 Å². The van der Waals surface area contributed by atoms with Gasteiger partial charge in [0, 0.05) is 6.42 Å². The number of hydrogen-bond acceptors (Lipinski definition) is 8. The van der Waals surface area contributed by atoms with E-state index in [0.717, 1.165) is 0 Å². The molecule has 0 radical (unpaired) electrons. The quantitative estimate of drug-likeness (QED) is 0.457. The number of anilines is 2. The molecular formula is C17H19N5O4. The number of ether oxygens (including phenoxy) is 2. The molecule has 9 nitrogen and oxygen atoms in total. The van der Waals surface area contributed by atoms with Crippen LogP contribution < -0.4 is 15.8 Å². The molecule has 0 aliphatic carbocycles. The topological polar surface area (TPSA) is 128 Å². The fraction of sp³-hybridized carbons (Fsp3) is 0.235. The summed E-state index contributed by atoms with van der Waals surface area (Å²) in [5.41, 5.74) is 6.50. The fourth-order valence-corrected chi connectivity index (χ4v) is 1.89. The normalized spacial score (nSPS) is 10.5. The van der Waals surface area contributed by atoms with E-state index in [-0.39, 0.29) is 17.6 Å². The van der Waals surface area contributed by atoms with Gasteiger partial charge in [0.15, 0.2) is 11.6 Å². The van der Waals surface area contributed by atoms with Crippen LogP contribution in [0.15, 0.2) is 46.6 Å². The predicted octanol–water partition coefficient (Wildman–Crippen LogP) is 3.96. The lowest BCUT2D eigenvalue weighted by molar-refractivity contribution is -0.134. The molecule has 0 atom stereocenters. The number of methoxy groups -OCH3 is 1. The van der Waals surface area contributed by atoms with Gasteiger partial charge >= 0.3 is 12.1 Å². The third-order valence-corrected chi connectivity index (χ3v) is 3.13. The summed E-state index contributed by atoms with van der Waals surface area (Å²) in [6.07, 6.45) is 0.349. The second kappa shape index (κ2) is 9.11. The van der Waals surface area contributed by atoms with Crippen molar-refractivity contribution in [1.82, 2.24) is 4.98 Å². The van der Waals surface area contributed by atoms with Crippen LogP contribution in [0.25, 0.3) is 0 Å². The molecule has 2 rings (SSSR count). The molecule has 1 aromatic heterocycles. The number of pyridine rings is 1. The second-order valence-corrected chi connectivity index (χ2v) is 5.11. The highest BCUT2D eigenvalue weighted by molar-refractivity contribution is 5.84. The first-order chi connectivity index (χ1) is 12.5. The van der Waals surface area contributed by atoms with E-state index in [1.807, 2.05) is 6.92 Å². The number of esters is 1. The molecule has 1 aromatic carbocycles. The number of nitrogens with one attached hydrogen (secondary N) is 1. The van der Waals surface area contributed by atoms with Crippen molar-refractivity contribution < 1.29 is 19.1 Å². The Morgan fingerprint density at radius 3 is 2.58 bits per heavy atom. The monoisotopic (exact) mass is 357 g/mol. The lowest BCUT2D eigenvalue weighted by Crippen LogP contribution is -2.12. The number of carbonyl (C=O) groups excluding carboxylic acids is 2. The molecular weight excluding hydrogens is 338 g/mol. The van der Waals surface area contributed by atoms with Crippen LogP contribution in [0.4, 0.5) is 27.8 Å². The third-order valence-electron chi connectivity index (χ3n) is 3.13. The van der Waals surface area contributed by atoms with Gasteiger partial charge in [-0.05, 0) is 30.7 Å². The largest absolute Gasteiger partial charge is 0.453 e. The smallest absolute Gasteiger partial charge is 0.412 e. The Balaban J connectivity index is 2.17. The molecule has 9 heteroatoms. The number of hydrogen-bond donors (Lipinski definition) is 2. The fourth-order valence-electron chi connectivity index (χ4n) is 1.89. The van der Waals surface area contributed by atoms with Crippen LogP contribution in [-0.4, -0.2) is 24.2 Å². The van der Waals surface area contributed by atoms with E-state index in [1.54, 1.807) is 30.3 Å². The highest BCUT2D eigenvalue weighted by atomic mass is 16.5. The summed E-state index contributed by atoms with van der Waals surface area (Å²) in [6.45, 7) is 1.89. The van der Waals surface area contributed by atoms with E-state index in [9.17, 15) is 9.59 Å². The highest BCUT2D eigenvalue weighted by Crippen LogP contribution is 2.30. The summed E-state index contributed by atoms with van der Waals surface area (Å²) >= 11 is 0. The van der Waals surface area contributed by atoms with E-state index in [4.69, 9.17) is 10.5 Å². The zero-order chi connectivity index (χ0) is 18.9. The van der Waals surface area contributed by atoms with Gasteiger partial charge in [0.05, 0.1) is 7.11 Å². The third kappa shape index (κ3) is 5.26. The predicted molar refractivity (Wildman–Crippen MR) is 95.8 cm³/mol. The van der Waals surface area contributed by atoms with Crippen molar-refractivity contribution in [1.29, 1.82) is 0 Å². The van der Waals surface area contributed by atoms with Crippen LogP contribution in [0, 0.1) is 0 Å². The molecule has 26 heavy (non-hydrogen) atoms. The first-order valence-electron chi connectivity index (χ1n) is 7.86. The van der Waals surface area contributed by atoms with Gasteiger partial charge in [-0.15, -0.1) is 10.2 Å². The Morgan fingerprint density at radius 1 is 1.15 bits per heavy atom. The van der Waals surface area contributed by atoms with Crippen LogP contribution in [0.2, 0.25) is 0 Å². The summed E-state index contributed by atoms with van der Waals surface area (Å²) < 4.78 is 9.76. The average molecular weight is 357 g/mol. The summed E-state index contributed by atoms with van der Waals surface area (Å²) in [5.74, 6) is 0.269. The van der Waals surface area contributed by atoms with Crippen LogP contribution in [0.1, 0.15) is 19.8 Å². The van der Waals surface area contributed by atoms with E-state index < -0.39 is 6.09 Å². The van der Waals surface area contributed by atoms with Gasteiger partial charge in [0.2, 0.25) is 0 Å². The molecule has 0 aliphatic rings. The number of rotatable bonds is 6. The van der Waals surface area contributed by atoms with E-state index in [0.29, 0.717) is 30.0 Å². The zero-order valence-corrected chi connectivity index (χ0v) is 14.4. The zero-order valence-electron chi connectivity index (χ0n) is 14.4. The number of amides is 1. The highest BCUT2D eigenvalue weighted by Gasteiger charge is 2.09. The Hall–Kier alpha value is -3.49. The number of aromatic nitrogens is 1. The first kappa shape index (κ1) is 18.8. The van der Waals surface area contributed by atoms with Gasteiger partial charge in [-0.25, -0.2) is 9.78 Å². The van der Waals surface area contributed by atoms with Crippen molar-refractivity contribution in [2.45, 2.75) is 19.8 Å². The number of nitrogens with zero attached hydrogens (tertiary/aromatic N) is 3. The van der Waals surface area contributed by atoms with E-state index in [1.165, 1.54) is 13.2 Å². The lowest BCUT2D eigenvalue weighted by Gasteiger charge is -2.06. The van der Waals surface area contributed by atoms with Crippen molar-refractivity contribution in [3.05, 3.63) is 36.4 Å². The summed E-state index contributed by atoms with van der Waals surface area (Å²) in [5, 5.41) is 10.5. The number of azo groups is 1. The van der Waals surface area contributed by atoms with Gasteiger partial charge in [0.1, 0.15) is 17.2 Å². The van der Waals surface area contributed by atoms with Crippen LogP contribution in [0.5, 0.6) is 5.75 Å². The standard InChI is InChI=1S/C17H19N5O4/c1-3-6-15(23)26-13-8-5-4-7-11(13)21-22-12-9-10-14(19-16(12)18)20-17(24)25-2/h4-5,7-10H,3,6H2,1-2H3,(H3,18,19,20,24). The van der Waals surface area contributed by atoms with Crippen LogP contribution in [0.3, 0.4) is 0 Å². The van der Waals surface area contributed by atoms with Gasteiger partial charge < -0.3 is 15.2 Å². The molecule has 3 N–H and O–H groups in total. The molecule has 0 fully saturated rings. The molecule has 136 valence electrons. The second-order valence-electron chi connectivity index (χ2n) is 5.11. The molecule has 1 heterocycles. The lowest BCUT2D eigenvalue weighted by atomic mass is 10.3. The molecule has 0 unspecified atom stereocenters. The van der Waals surface area contributed by atoms with Crippen molar-refractivity contribution in [2.24, 2.45) is 10.2 Å². The van der Waals surface area contributed by atoms with Gasteiger partial charge in [-0.3, -0.25) is 10.1 Å².